The zero-order chi connectivity index (χ0) is 11.6. The molecule has 0 fully saturated rings. The van der Waals surface area contributed by atoms with E-state index in [9.17, 15) is 0 Å². The van der Waals surface area contributed by atoms with Crippen LogP contribution < -0.4 is 0 Å². The monoisotopic (exact) mass is 211 g/mol. The predicted molar refractivity (Wildman–Crippen MR) is 42.8 cm³/mol. The summed E-state index contributed by atoms with van der Waals surface area (Å²) in [6.07, 6.45) is 0. The molecular formula is C6H13NO7. The van der Waals surface area contributed by atoms with Crippen molar-refractivity contribution in [1.29, 1.82) is 0 Å². The van der Waals surface area contributed by atoms with Gasteiger partial charge in [0.2, 0.25) is 0 Å². The number of carbonyl (C=O) groups is 2. The zero-order valence-corrected chi connectivity index (χ0v) is 8.09. The highest BCUT2D eigenvalue weighted by atomic mass is 17.2. The molecule has 0 aromatic rings. The third-order valence-corrected chi connectivity index (χ3v) is 0.716. The predicted octanol–water partition coefficient (Wildman–Crippen LogP) is -0.482. The summed E-state index contributed by atoms with van der Waals surface area (Å²) >= 11 is 0. The average molecular weight is 211 g/mol. The van der Waals surface area contributed by atoms with E-state index in [0.29, 0.717) is 6.61 Å². The molecule has 0 aliphatic heterocycles. The van der Waals surface area contributed by atoms with Gasteiger partial charge < -0.3 is 10.2 Å². The van der Waals surface area contributed by atoms with E-state index in [-0.39, 0.29) is 0 Å². The normalized spacial score (nSPS) is 9.14. The highest BCUT2D eigenvalue weighted by Gasteiger charge is 2.04. The van der Waals surface area contributed by atoms with Crippen LogP contribution in [0.4, 0.5) is 0 Å². The lowest BCUT2D eigenvalue weighted by atomic mass is 10.7. The second-order valence-electron chi connectivity index (χ2n) is 1.62. The van der Waals surface area contributed by atoms with Gasteiger partial charge in [-0.3, -0.25) is 14.5 Å². The summed E-state index contributed by atoms with van der Waals surface area (Å²) in [7, 11) is 2.92. The molecule has 84 valence electrons. The summed E-state index contributed by atoms with van der Waals surface area (Å²) in [6, 6.07) is 0. The van der Waals surface area contributed by atoms with E-state index < -0.39 is 11.9 Å². The Morgan fingerprint density at radius 3 is 1.57 bits per heavy atom. The van der Waals surface area contributed by atoms with Crippen molar-refractivity contribution >= 4 is 11.9 Å². The molecule has 0 aromatic heterocycles. The van der Waals surface area contributed by atoms with Gasteiger partial charge in [-0.15, -0.1) is 0 Å². The highest BCUT2D eigenvalue weighted by Crippen LogP contribution is 1.87. The molecule has 0 spiro atoms. The van der Waals surface area contributed by atoms with Crippen molar-refractivity contribution in [3.05, 3.63) is 0 Å². The fraction of sp³-hybridized carbons (Fsp3) is 0.667. The Labute approximate surface area is 80.4 Å². The minimum absolute atomic E-state index is 0.529. The average Bonchev–Trinajstić information content (AvgIpc) is 2.15. The Bertz CT molecular complexity index is 156. The van der Waals surface area contributed by atoms with Gasteiger partial charge in [0.1, 0.15) is 0 Å². The van der Waals surface area contributed by atoms with E-state index in [2.05, 4.69) is 9.68 Å². The van der Waals surface area contributed by atoms with E-state index in [1.54, 1.807) is 0 Å². The molecule has 0 rings (SSSR count). The fourth-order valence-electron chi connectivity index (χ4n) is 0.285. The topological polar surface area (TPSA) is 106 Å². The van der Waals surface area contributed by atoms with Crippen molar-refractivity contribution < 1.29 is 34.3 Å². The Balaban J connectivity index is 0. The van der Waals surface area contributed by atoms with Crippen molar-refractivity contribution in [2.45, 2.75) is 6.92 Å². The van der Waals surface area contributed by atoms with Crippen LogP contribution in [0.3, 0.4) is 0 Å². The lowest BCUT2D eigenvalue weighted by Gasteiger charge is -2.12. The third-order valence-electron chi connectivity index (χ3n) is 0.716. The summed E-state index contributed by atoms with van der Waals surface area (Å²) in [4.78, 5) is 32.0. The van der Waals surface area contributed by atoms with Crippen LogP contribution in [-0.2, 0) is 24.1 Å². The first-order chi connectivity index (χ1) is 6.49. The molecule has 0 bridgehead atoms. The molecule has 0 aliphatic carbocycles. The third kappa shape index (κ3) is 10.8. The van der Waals surface area contributed by atoms with Gasteiger partial charge >= 0.3 is 11.9 Å². The molecule has 0 radical (unpaired) electrons. The second-order valence-corrected chi connectivity index (χ2v) is 1.62. The minimum atomic E-state index is -1.82. The number of nitrogens with zero attached hydrogens (tertiary/aromatic N) is 1. The summed E-state index contributed by atoms with van der Waals surface area (Å²) in [5.41, 5.74) is 0. The van der Waals surface area contributed by atoms with Crippen LogP contribution in [0, 0.1) is 0 Å². The molecular weight excluding hydrogens is 198 g/mol. The largest absolute Gasteiger partial charge is 0.473 e. The van der Waals surface area contributed by atoms with Gasteiger partial charge in [0.25, 0.3) is 0 Å². The molecule has 2 N–H and O–H groups in total. The Hall–Kier alpha value is -1.22. The summed E-state index contributed by atoms with van der Waals surface area (Å²) in [5.74, 6) is -3.65. The zero-order valence-electron chi connectivity index (χ0n) is 8.09. The number of carboxylic acid groups (broad SMARTS) is 2. The van der Waals surface area contributed by atoms with Crippen molar-refractivity contribution in [2.24, 2.45) is 0 Å². The lowest BCUT2D eigenvalue weighted by molar-refractivity contribution is -0.509. The first-order valence-corrected chi connectivity index (χ1v) is 3.47. The molecule has 0 saturated heterocycles. The Morgan fingerprint density at radius 2 is 1.50 bits per heavy atom. The van der Waals surface area contributed by atoms with E-state index in [0.717, 1.165) is 5.39 Å². The molecule has 14 heavy (non-hydrogen) atoms. The first-order valence-electron chi connectivity index (χ1n) is 3.47. The maximum atomic E-state index is 9.10. The molecule has 0 aromatic carbocycles. The minimum Gasteiger partial charge on any atom is -0.473 e. The molecule has 0 heterocycles. The molecule has 0 saturated carbocycles. The van der Waals surface area contributed by atoms with Crippen molar-refractivity contribution in [2.75, 3.05) is 20.8 Å². The van der Waals surface area contributed by atoms with Crippen LogP contribution >= 0.6 is 0 Å². The molecule has 0 atom stereocenters. The van der Waals surface area contributed by atoms with Gasteiger partial charge in [0.15, 0.2) is 0 Å². The molecule has 0 aliphatic rings. The summed E-state index contributed by atoms with van der Waals surface area (Å²) < 4.78 is 0. The maximum Gasteiger partial charge on any atom is 0.414 e. The maximum absolute atomic E-state index is 9.10. The Morgan fingerprint density at radius 1 is 1.14 bits per heavy atom. The SMILES string of the molecule is CCON(OC)OC.O=C(O)C(=O)O. The van der Waals surface area contributed by atoms with Gasteiger partial charge in [0.05, 0.1) is 26.2 Å². The van der Waals surface area contributed by atoms with E-state index in [1.807, 2.05) is 6.92 Å². The second kappa shape index (κ2) is 9.86. The van der Waals surface area contributed by atoms with Crippen LogP contribution in [0.1, 0.15) is 6.92 Å². The van der Waals surface area contributed by atoms with Crippen molar-refractivity contribution in [3.8, 4) is 0 Å². The van der Waals surface area contributed by atoms with E-state index in [1.165, 1.54) is 14.2 Å². The van der Waals surface area contributed by atoms with Crippen LogP contribution in [0.5, 0.6) is 0 Å². The summed E-state index contributed by atoms with van der Waals surface area (Å²) in [6.45, 7) is 2.37. The van der Waals surface area contributed by atoms with Gasteiger partial charge in [-0.2, -0.15) is 0 Å². The molecule has 8 nitrogen and oxygen atoms in total. The highest BCUT2D eigenvalue weighted by molar-refractivity contribution is 6.27. The number of aliphatic carboxylic acids is 2. The van der Waals surface area contributed by atoms with E-state index >= 15 is 0 Å². The van der Waals surface area contributed by atoms with Gasteiger partial charge in [-0.25, -0.2) is 9.59 Å². The van der Waals surface area contributed by atoms with Gasteiger partial charge in [0, 0.05) is 0 Å². The smallest absolute Gasteiger partial charge is 0.414 e. The first kappa shape index (κ1) is 15.3. The van der Waals surface area contributed by atoms with Crippen LogP contribution in [0.25, 0.3) is 0 Å². The van der Waals surface area contributed by atoms with Crippen LogP contribution in [0.2, 0.25) is 0 Å². The van der Waals surface area contributed by atoms with Crippen molar-refractivity contribution in [3.63, 3.8) is 0 Å². The molecule has 8 heteroatoms. The number of rotatable bonds is 4. The van der Waals surface area contributed by atoms with Crippen LogP contribution in [-0.4, -0.2) is 48.4 Å². The fourth-order valence-corrected chi connectivity index (χ4v) is 0.285. The quantitative estimate of drug-likeness (QED) is 0.474. The van der Waals surface area contributed by atoms with Gasteiger partial charge in [-0.1, -0.05) is 0 Å². The molecule has 0 amide bonds. The number of hydrogen-bond donors (Lipinski definition) is 2. The number of carboxylic acids is 2. The van der Waals surface area contributed by atoms with E-state index in [4.69, 9.17) is 24.6 Å². The Kier molecular flexibility index (Phi) is 10.8. The standard InChI is InChI=1S/C4H11NO3.C2H2O4/c1-4-8-5(6-2)7-3;3-1(4)2(5)6/h4H2,1-3H3;(H,3,4)(H,5,6). The van der Waals surface area contributed by atoms with Crippen LogP contribution in [0.15, 0.2) is 0 Å². The lowest BCUT2D eigenvalue weighted by Crippen LogP contribution is -2.20. The number of hydrogen-bond acceptors (Lipinski definition) is 6. The molecule has 0 unspecified atom stereocenters. The van der Waals surface area contributed by atoms with Crippen molar-refractivity contribution in [1.82, 2.24) is 5.39 Å². The van der Waals surface area contributed by atoms with Gasteiger partial charge in [-0.05, 0) is 6.92 Å². The summed E-state index contributed by atoms with van der Waals surface area (Å²) in [5, 5.41) is 15.7.